The van der Waals surface area contributed by atoms with Gasteiger partial charge in [-0.05, 0) is 0 Å². The standard InChI is InChI=1S/C18H12FIS.Tl/c19-14-6-10-17(11-7-14)21(16-4-2-1-3-5-16)18-12-8-15(20)9-13-18;/h2-13H;/q+1;. The van der Waals surface area contributed by atoms with Gasteiger partial charge >= 0.3 is 164 Å². The van der Waals surface area contributed by atoms with Crippen molar-refractivity contribution >= 4 is 62.4 Å². The number of hydrogen-bond donors (Lipinski definition) is 0. The summed E-state index contributed by atoms with van der Waals surface area (Å²) in [6.45, 7) is 0. The van der Waals surface area contributed by atoms with Crippen LogP contribution in [-0.4, -0.2) is 25.8 Å². The van der Waals surface area contributed by atoms with Gasteiger partial charge in [0.25, 0.3) is 0 Å². The summed E-state index contributed by atoms with van der Waals surface area (Å²) in [7, 11) is -0.191. The van der Waals surface area contributed by atoms with Crippen LogP contribution in [0.2, 0.25) is 0 Å². The molecule has 0 nitrogen and oxygen atoms in total. The van der Waals surface area contributed by atoms with Gasteiger partial charge in [0.2, 0.25) is 0 Å². The van der Waals surface area contributed by atoms with Crippen LogP contribution in [-0.2, 0) is 10.9 Å². The van der Waals surface area contributed by atoms with Gasteiger partial charge in [-0.25, -0.2) is 0 Å². The van der Waals surface area contributed by atoms with Crippen molar-refractivity contribution < 1.29 is 4.39 Å². The molecule has 3 rings (SSSR count). The first-order chi connectivity index (χ1) is 10.6. The Labute approximate surface area is 162 Å². The van der Waals surface area contributed by atoms with E-state index in [0.29, 0.717) is 0 Å². The van der Waals surface area contributed by atoms with Crippen molar-refractivity contribution in [3.8, 4) is 0 Å². The molecule has 0 aliphatic heterocycles. The Bertz CT molecular complexity index is 646. The Morgan fingerprint density at radius 3 is 1.59 bits per heavy atom. The van der Waals surface area contributed by atoms with Crippen molar-refractivity contribution in [3.63, 3.8) is 0 Å². The quantitative estimate of drug-likeness (QED) is 0.236. The van der Waals surface area contributed by atoms with Crippen LogP contribution in [0, 0.1) is 9.39 Å². The molecule has 0 aliphatic carbocycles. The predicted molar refractivity (Wildman–Crippen MR) is 99.6 cm³/mol. The zero-order valence-corrected chi connectivity index (χ0v) is 19.1. The second-order valence-corrected chi connectivity index (χ2v) is 10.6. The second kappa shape index (κ2) is 7.44. The topological polar surface area (TPSA) is 0 Å². The fraction of sp³-hybridized carbons (Fsp3) is 0. The minimum absolute atomic E-state index is 0.189. The molecule has 0 radical (unpaired) electrons. The third-order valence-electron chi connectivity index (χ3n) is 3.21. The fourth-order valence-electron chi connectivity index (χ4n) is 2.15. The van der Waals surface area contributed by atoms with Crippen LogP contribution in [0.1, 0.15) is 0 Å². The number of halogens is 2. The SMILES string of the molecule is Fc1ccc([S+](c2ccc(I)cc2)c2cc[c]([Tl])cc2)cc1. The van der Waals surface area contributed by atoms with Gasteiger partial charge in [-0.15, -0.1) is 0 Å². The van der Waals surface area contributed by atoms with Gasteiger partial charge in [0, 0.05) is 0 Å². The second-order valence-electron chi connectivity index (χ2n) is 4.78. The molecule has 3 aromatic carbocycles. The molecule has 22 heavy (non-hydrogen) atoms. The van der Waals surface area contributed by atoms with Crippen LogP contribution in [0.25, 0.3) is 0 Å². The Hall–Kier alpha value is -0.408. The summed E-state index contributed by atoms with van der Waals surface area (Å²) in [5, 5.41) is 0. The van der Waals surface area contributed by atoms with Gasteiger partial charge in [0.1, 0.15) is 0 Å². The summed E-state index contributed by atoms with van der Waals surface area (Å²) in [6.07, 6.45) is 0. The fourth-order valence-corrected chi connectivity index (χ4v) is 5.30. The normalized spacial score (nSPS) is 12.0. The van der Waals surface area contributed by atoms with Gasteiger partial charge in [0.15, 0.2) is 0 Å². The van der Waals surface area contributed by atoms with E-state index >= 15 is 0 Å². The van der Waals surface area contributed by atoms with Crippen LogP contribution in [0.3, 0.4) is 0 Å². The van der Waals surface area contributed by atoms with E-state index < -0.39 is 0 Å². The van der Waals surface area contributed by atoms with Crippen molar-refractivity contribution in [1.82, 2.24) is 0 Å². The van der Waals surface area contributed by atoms with Crippen molar-refractivity contribution in [2.24, 2.45) is 0 Å². The molecule has 0 bridgehead atoms. The van der Waals surface area contributed by atoms with Crippen molar-refractivity contribution in [1.29, 1.82) is 0 Å². The molecule has 0 spiro atoms. The Morgan fingerprint density at radius 1 is 0.682 bits per heavy atom. The Balaban J connectivity index is 2.10. The molecular formula is C18H12FISTl+. The molecule has 0 saturated carbocycles. The molecule has 0 saturated heterocycles. The van der Waals surface area contributed by atoms with Gasteiger partial charge in [-0.1, -0.05) is 0 Å². The summed E-state index contributed by atoms with van der Waals surface area (Å²) < 4.78 is 15.9. The molecule has 4 heteroatoms. The van der Waals surface area contributed by atoms with Crippen molar-refractivity contribution in [2.45, 2.75) is 14.7 Å². The summed E-state index contributed by atoms with van der Waals surface area (Å²) in [4.78, 5) is 3.68. The Morgan fingerprint density at radius 2 is 1.09 bits per heavy atom. The number of benzene rings is 3. The van der Waals surface area contributed by atoms with E-state index in [-0.39, 0.29) is 16.7 Å². The van der Waals surface area contributed by atoms with Gasteiger partial charge in [0.05, 0.1) is 0 Å². The maximum absolute atomic E-state index is 13.3. The molecule has 0 fully saturated rings. The van der Waals surface area contributed by atoms with E-state index in [0.717, 1.165) is 30.7 Å². The first-order valence-corrected chi connectivity index (χ1v) is 11.3. The Kier molecular flexibility index (Phi) is 5.56. The number of rotatable bonds is 3. The zero-order valence-electron chi connectivity index (χ0n) is 11.7. The third-order valence-corrected chi connectivity index (χ3v) is 7.66. The van der Waals surface area contributed by atoms with Crippen LogP contribution in [0.4, 0.5) is 4.39 Å². The van der Waals surface area contributed by atoms with Crippen LogP contribution < -0.4 is 3.12 Å². The van der Waals surface area contributed by atoms with E-state index in [2.05, 4.69) is 71.1 Å². The summed E-state index contributed by atoms with van der Waals surface area (Å²) >= 11 is 3.17. The molecule has 0 aromatic heterocycles. The van der Waals surface area contributed by atoms with Crippen LogP contribution in [0.15, 0.2) is 87.5 Å². The average molecular weight is 611 g/mol. The first kappa shape index (κ1) is 16.4. The molecule has 3 aromatic rings. The third kappa shape index (κ3) is 3.91. The van der Waals surface area contributed by atoms with E-state index in [1.165, 1.54) is 16.5 Å². The van der Waals surface area contributed by atoms with E-state index in [1.807, 2.05) is 12.1 Å². The first-order valence-electron chi connectivity index (χ1n) is 6.74. The summed E-state index contributed by atoms with van der Waals surface area (Å²) in [5.41, 5.74) is 0. The molecule has 0 heterocycles. The van der Waals surface area contributed by atoms with E-state index in [1.54, 1.807) is 12.1 Å². The zero-order chi connectivity index (χ0) is 15.5. The van der Waals surface area contributed by atoms with Gasteiger partial charge in [-0.3, -0.25) is 0 Å². The molecule has 106 valence electrons. The minimum atomic E-state index is -0.191. The van der Waals surface area contributed by atoms with Crippen LogP contribution in [0.5, 0.6) is 0 Å². The molecule has 0 aliphatic rings. The van der Waals surface area contributed by atoms with Gasteiger partial charge in [-0.2, -0.15) is 0 Å². The van der Waals surface area contributed by atoms with E-state index in [9.17, 15) is 4.39 Å². The maximum atomic E-state index is 13.3. The molecule has 0 N–H and O–H groups in total. The van der Waals surface area contributed by atoms with Crippen molar-refractivity contribution in [2.75, 3.05) is 0 Å². The summed E-state index contributed by atoms with van der Waals surface area (Å²) in [6, 6.07) is 24.3. The molecular weight excluding hydrogens is 599 g/mol. The number of hydrogen-bond acceptors (Lipinski definition) is 0. The van der Waals surface area contributed by atoms with Crippen LogP contribution >= 0.6 is 22.6 Å². The van der Waals surface area contributed by atoms with Crippen molar-refractivity contribution in [3.05, 3.63) is 82.2 Å². The molecule has 1 atom stereocenters. The molecule has 0 amide bonds. The molecule has 1 unspecified atom stereocenters. The van der Waals surface area contributed by atoms with Gasteiger partial charge < -0.3 is 0 Å². The summed E-state index contributed by atoms with van der Waals surface area (Å²) in [5.74, 6) is -0.189. The van der Waals surface area contributed by atoms with E-state index in [4.69, 9.17) is 0 Å². The average Bonchev–Trinajstić information content (AvgIpc) is 2.53. The monoisotopic (exact) mass is 611 g/mol. The predicted octanol–water partition coefficient (Wildman–Crippen LogP) is 4.32.